The highest BCUT2D eigenvalue weighted by atomic mass is 16.4. The Morgan fingerprint density at radius 3 is 2.33 bits per heavy atom. The molecule has 0 fully saturated rings. The van der Waals surface area contributed by atoms with Gasteiger partial charge in [-0.3, -0.25) is 0 Å². The summed E-state index contributed by atoms with van der Waals surface area (Å²) >= 11 is 0. The summed E-state index contributed by atoms with van der Waals surface area (Å²) in [6.07, 6.45) is 7.16. The topological polar surface area (TPSA) is 63.6 Å². The molecule has 0 saturated carbocycles. The normalized spacial score (nSPS) is 9.60. The molecule has 1 N–H and O–H groups in total. The van der Waals surface area contributed by atoms with Gasteiger partial charge in [0.2, 0.25) is 0 Å². The van der Waals surface area contributed by atoms with Crippen molar-refractivity contribution < 1.29 is 18.7 Å². The molecular weight excluding hydrogens is 196 g/mol. The molecule has 2 heterocycles. The second-order valence-electron chi connectivity index (χ2n) is 2.48. The average molecular weight is 206 g/mol. The molecule has 0 aliphatic rings. The van der Waals surface area contributed by atoms with E-state index in [1.807, 2.05) is 12.1 Å². The van der Waals surface area contributed by atoms with E-state index >= 15 is 0 Å². The fourth-order valence-corrected chi connectivity index (χ4v) is 0.766. The Bertz CT molecular complexity index is 367. The fourth-order valence-electron chi connectivity index (χ4n) is 0.766. The summed E-state index contributed by atoms with van der Waals surface area (Å²) in [7, 11) is 0. The number of carbonyl (C=O) groups is 1. The molecule has 0 aliphatic heterocycles. The van der Waals surface area contributed by atoms with Gasteiger partial charge < -0.3 is 13.9 Å². The summed E-state index contributed by atoms with van der Waals surface area (Å²) < 4.78 is 9.42. The summed E-state index contributed by atoms with van der Waals surface area (Å²) in [6.45, 7) is 0. The quantitative estimate of drug-likeness (QED) is 0.767. The van der Waals surface area contributed by atoms with Gasteiger partial charge in [0.15, 0.2) is 0 Å². The van der Waals surface area contributed by atoms with Crippen LogP contribution in [0.15, 0.2) is 58.0 Å². The highest BCUT2D eigenvalue weighted by molar-refractivity contribution is 5.84. The van der Waals surface area contributed by atoms with Crippen LogP contribution in [0.2, 0.25) is 0 Å². The Morgan fingerprint density at radius 2 is 1.93 bits per heavy atom. The molecule has 0 amide bonds. The van der Waals surface area contributed by atoms with Gasteiger partial charge in [-0.15, -0.1) is 0 Å². The monoisotopic (exact) mass is 206 g/mol. The third kappa shape index (κ3) is 5.15. The van der Waals surface area contributed by atoms with Crippen LogP contribution in [-0.4, -0.2) is 11.1 Å². The van der Waals surface area contributed by atoms with Crippen LogP contribution in [-0.2, 0) is 4.79 Å². The lowest BCUT2D eigenvalue weighted by molar-refractivity contribution is -0.131. The standard InChI is InChI=1S/C7H6O3.C4H4O/c8-7(9)4-3-6-2-1-5-10-6;1-2-4-5-3-1/h1-5H,(H,8,9);1-4H. The Labute approximate surface area is 86.4 Å². The lowest BCUT2D eigenvalue weighted by atomic mass is 10.4. The highest BCUT2D eigenvalue weighted by Gasteiger charge is 1.88. The van der Waals surface area contributed by atoms with Crippen molar-refractivity contribution in [2.24, 2.45) is 0 Å². The van der Waals surface area contributed by atoms with Gasteiger partial charge in [0.25, 0.3) is 0 Å². The third-order valence-electron chi connectivity index (χ3n) is 1.36. The van der Waals surface area contributed by atoms with Crippen molar-refractivity contribution in [3.8, 4) is 0 Å². The maximum absolute atomic E-state index is 9.97. The van der Waals surface area contributed by atoms with Crippen LogP contribution >= 0.6 is 0 Å². The summed E-state index contributed by atoms with van der Waals surface area (Å²) in [5.74, 6) is -0.432. The van der Waals surface area contributed by atoms with Crippen molar-refractivity contribution in [3.05, 3.63) is 54.9 Å². The van der Waals surface area contributed by atoms with E-state index < -0.39 is 5.97 Å². The smallest absolute Gasteiger partial charge is 0.328 e. The van der Waals surface area contributed by atoms with Gasteiger partial charge in [-0.1, -0.05) is 0 Å². The molecule has 0 aliphatic carbocycles. The number of furan rings is 2. The van der Waals surface area contributed by atoms with Crippen LogP contribution in [0.3, 0.4) is 0 Å². The Hall–Kier alpha value is -2.23. The molecule has 15 heavy (non-hydrogen) atoms. The molecule has 2 aromatic rings. The Balaban J connectivity index is 0.000000187. The SMILES string of the molecule is O=C(O)C=Cc1ccco1.c1ccoc1. The Morgan fingerprint density at radius 1 is 1.20 bits per heavy atom. The fraction of sp³-hybridized carbons (Fsp3) is 0. The van der Waals surface area contributed by atoms with E-state index in [9.17, 15) is 4.79 Å². The molecule has 2 aromatic heterocycles. The molecule has 0 bridgehead atoms. The van der Waals surface area contributed by atoms with Crippen molar-refractivity contribution in [3.63, 3.8) is 0 Å². The van der Waals surface area contributed by atoms with Crippen LogP contribution in [0.5, 0.6) is 0 Å². The van der Waals surface area contributed by atoms with Gasteiger partial charge in [-0.05, 0) is 30.3 Å². The second kappa shape index (κ2) is 6.26. The molecule has 0 aromatic carbocycles. The molecule has 78 valence electrons. The van der Waals surface area contributed by atoms with Crippen molar-refractivity contribution in [2.75, 3.05) is 0 Å². The van der Waals surface area contributed by atoms with Gasteiger partial charge in [0, 0.05) is 6.08 Å². The van der Waals surface area contributed by atoms with Crippen LogP contribution in [0, 0.1) is 0 Å². The third-order valence-corrected chi connectivity index (χ3v) is 1.36. The van der Waals surface area contributed by atoms with E-state index in [0.717, 1.165) is 6.08 Å². The number of carboxylic acids is 1. The molecular formula is C11H10O4. The molecule has 2 rings (SSSR count). The number of aliphatic carboxylic acids is 1. The first-order chi connectivity index (χ1) is 7.29. The number of hydrogen-bond acceptors (Lipinski definition) is 3. The van der Waals surface area contributed by atoms with E-state index in [-0.39, 0.29) is 0 Å². The van der Waals surface area contributed by atoms with E-state index in [0.29, 0.717) is 5.76 Å². The van der Waals surface area contributed by atoms with Gasteiger partial charge in [0.05, 0.1) is 18.8 Å². The predicted molar refractivity (Wildman–Crippen MR) is 54.1 cm³/mol. The van der Waals surface area contributed by atoms with Crippen molar-refractivity contribution in [1.82, 2.24) is 0 Å². The highest BCUT2D eigenvalue weighted by Crippen LogP contribution is 2.01. The maximum Gasteiger partial charge on any atom is 0.328 e. The summed E-state index contributed by atoms with van der Waals surface area (Å²) in [5, 5.41) is 8.18. The first kappa shape index (κ1) is 10.8. The van der Waals surface area contributed by atoms with E-state index in [4.69, 9.17) is 9.52 Å². The summed E-state index contributed by atoms with van der Waals surface area (Å²) in [6, 6.07) is 7.04. The minimum Gasteiger partial charge on any atom is -0.478 e. The van der Waals surface area contributed by atoms with Gasteiger partial charge >= 0.3 is 5.97 Å². The number of carboxylic acid groups (broad SMARTS) is 1. The van der Waals surface area contributed by atoms with Crippen molar-refractivity contribution in [2.45, 2.75) is 0 Å². The summed E-state index contributed by atoms with van der Waals surface area (Å²) in [5.41, 5.74) is 0. The zero-order chi connectivity index (χ0) is 10.9. The largest absolute Gasteiger partial charge is 0.478 e. The first-order valence-corrected chi connectivity index (χ1v) is 4.20. The molecule has 0 saturated heterocycles. The van der Waals surface area contributed by atoms with Gasteiger partial charge in [-0.2, -0.15) is 0 Å². The molecule has 4 nitrogen and oxygen atoms in total. The van der Waals surface area contributed by atoms with Crippen LogP contribution in [0.1, 0.15) is 5.76 Å². The van der Waals surface area contributed by atoms with Crippen LogP contribution < -0.4 is 0 Å². The number of hydrogen-bond donors (Lipinski definition) is 1. The second-order valence-corrected chi connectivity index (χ2v) is 2.48. The predicted octanol–water partition coefficient (Wildman–Crippen LogP) is 2.66. The van der Waals surface area contributed by atoms with E-state index in [1.54, 1.807) is 24.7 Å². The van der Waals surface area contributed by atoms with Crippen molar-refractivity contribution in [1.29, 1.82) is 0 Å². The van der Waals surface area contributed by atoms with Gasteiger partial charge in [0.1, 0.15) is 5.76 Å². The van der Waals surface area contributed by atoms with Crippen molar-refractivity contribution >= 4 is 12.0 Å². The van der Waals surface area contributed by atoms with E-state index in [2.05, 4.69) is 4.42 Å². The molecule has 0 radical (unpaired) electrons. The van der Waals surface area contributed by atoms with E-state index in [1.165, 1.54) is 12.3 Å². The lowest BCUT2D eigenvalue weighted by Crippen LogP contribution is -1.84. The lowest BCUT2D eigenvalue weighted by Gasteiger charge is -1.79. The molecule has 0 unspecified atom stereocenters. The summed E-state index contributed by atoms with van der Waals surface area (Å²) in [4.78, 5) is 9.97. The van der Waals surface area contributed by atoms with Crippen LogP contribution in [0.25, 0.3) is 6.08 Å². The first-order valence-electron chi connectivity index (χ1n) is 4.20. The number of rotatable bonds is 2. The molecule has 4 heteroatoms. The molecule has 0 atom stereocenters. The molecule has 0 spiro atoms. The minimum atomic E-state index is -0.976. The zero-order valence-electron chi connectivity index (χ0n) is 7.87. The average Bonchev–Trinajstić information content (AvgIpc) is 2.91. The maximum atomic E-state index is 9.97. The van der Waals surface area contributed by atoms with Crippen LogP contribution in [0.4, 0.5) is 0 Å². The minimum absolute atomic E-state index is 0.544. The van der Waals surface area contributed by atoms with Gasteiger partial charge in [-0.25, -0.2) is 4.79 Å². The Kier molecular flexibility index (Phi) is 4.53. The zero-order valence-corrected chi connectivity index (χ0v) is 7.87.